The minimum Gasteiger partial charge on any atom is -0.493 e. The lowest BCUT2D eigenvalue weighted by atomic mass is 10.1. The molecule has 3 aromatic carbocycles. The van der Waals surface area contributed by atoms with Crippen molar-refractivity contribution in [3.8, 4) is 11.5 Å². The van der Waals surface area contributed by atoms with Crippen molar-refractivity contribution >= 4 is 43.3 Å². The molecule has 0 saturated heterocycles. The summed E-state index contributed by atoms with van der Waals surface area (Å²) in [4.78, 5) is 3.33. The molecule has 180 valence electrons. The Balaban J connectivity index is 1.57. The minimum absolute atomic E-state index is 0.0887. The smallest absolute Gasteiger partial charge is 0.487 e. The number of hydrogen-bond donors (Lipinski definition) is 2. The molecule has 0 amide bonds. The molecule has 4 aromatic rings. The van der Waals surface area contributed by atoms with Gasteiger partial charge >= 0.3 is 5.57 Å². The Kier molecular flexibility index (Phi) is 6.71. The van der Waals surface area contributed by atoms with Gasteiger partial charge in [0.1, 0.15) is 11.5 Å². The maximum Gasteiger partial charge on any atom is 0.487 e. The summed E-state index contributed by atoms with van der Waals surface area (Å²) >= 11 is 4.88. The Labute approximate surface area is 200 Å². The van der Waals surface area contributed by atoms with Gasteiger partial charge in [0, 0.05) is 45.5 Å². The fraction of sp³-hybridized carbons (Fsp3) is 0.250. The zero-order valence-electron chi connectivity index (χ0n) is 18.5. The standard InChI is InChI=1S/C24H23ClF2N2O4S/c1-3-32-22-10-11-23(19-7-5-4-6-18(19)22)34(30,31)28-13-12-17-15(2)29-21-9-8-16(14-20(17)21)33-24(25,26)27/h4-11,14,28-29H,3,12-13H2,1-2H3. The quantitative estimate of drug-likeness (QED) is 0.283. The van der Waals surface area contributed by atoms with Crippen molar-refractivity contribution in [2.75, 3.05) is 13.2 Å². The number of aryl methyl sites for hydroxylation is 1. The average Bonchev–Trinajstić information content (AvgIpc) is 3.07. The summed E-state index contributed by atoms with van der Waals surface area (Å²) in [5, 5.41) is 1.93. The van der Waals surface area contributed by atoms with Crippen molar-refractivity contribution in [1.29, 1.82) is 0 Å². The van der Waals surface area contributed by atoms with E-state index < -0.39 is 15.6 Å². The number of hydrogen-bond acceptors (Lipinski definition) is 4. The zero-order chi connectivity index (χ0) is 24.5. The molecule has 0 spiro atoms. The van der Waals surface area contributed by atoms with Gasteiger partial charge < -0.3 is 14.5 Å². The molecule has 0 aliphatic carbocycles. The number of fused-ring (bicyclic) bond motifs is 2. The van der Waals surface area contributed by atoms with Crippen LogP contribution < -0.4 is 14.2 Å². The summed E-state index contributed by atoms with van der Waals surface area (Å²) in [6, 6.07) is 14.8. The van der Waals surface area contributed by atoms with Gasteiger partial charge in [-0.3, -0.25) is 0 Å². The molecule has 0 aliphatic heterocycles. The molecule has 0 atom stereocenters. The normalized spacial score (nSPS) is 12.4. The molecular formula is C24H23ClF2N2O4S. The number of halogens is 3. The number of nitrogens with one attached hydrogen (secondary N) is 2. The maximum absolute atomic E-state index is 13.1. The largest absolute Gasteiger partial charge is 0.493 e. The van der Waals surface area contributed by atoms with Crippen molar-refractivity contribution in [3.63, 3.8) is 0 Å². The summed E-state index contributed by atoms with van der Waals surface area (Å²) in [6.07, 6.45) is 0.334. The number of alkyl halides is 3. The van der Waals surface area contributed by atoms with Crippen LogP contribution in [-0.2, 0) is 16.4 Å². The highest BCUT2D eigenvalue weighted by Crippen LogP contribution is 2.32. The van der Waals surface area contributed by atoms with Crippen LogP contribution in [0.3, 0.4) is 0 Å². The summed E-state index contributed by atoms with van der Waals surface area (Å²) in [5.74, 6) is 0.529. The number of benzene rings is 3. The van der Waals surface area contributed by atoms with E-state index in [9.17, 15) is 17.2 Å². The van der Waals surface area contributed by atoms with Crippen LogP contribution >= 0.6 is 11.6 Å². The lowest BCUT2D eigenvalue weighted by Gasteiger charge is -2.13. The molecule has 6 nitrogen and oxygen atoms in total. The molecule has 0 bridgehead atoms. The van der Waals surface area contributed by atoms with Gasteiger partial charge in [0.25, 0.3) is 0 Å². The Bertz CT molecular complexity index is 1450. The van der Waals surface area contributed by atoms with E-state index in [2.05, 4.69) is 14.4 Å². The van der Waals surface area contributed by atoms with Crippen molar-refractivity contribution in [2.24, 2.45) is 0 Å². The summed E-state index contributed by atoms with van der Waals surface area (Å²) in [6.45, 7) is 4.27. The summed E-state index contributed by atoms with van der Waals surface area (Å²) in [7, 11) is -3.83. The minimum atomic E-state index is -3.83. The first-order chi connectivity index (χ1) is 16.1. The first-order valence-electron chi connectivity index (χ1n) is 10.6. The van der Waals surface area contributed by atoms with Crippen LogP contribution in [0.2, 0.25) is 0 Å². The molecule has 4 rings (SSSR count). The lowest BCUT2D eigenvalue weighted by molar-refractivity contribution is -0.0964. The Morgan fingerprint density at radius 3 is 2.50 bits per heavy atom. The van der Waals surface area contributed by atoms with E-state index in [1.165, 1.54) is 18.2 Å². The van der Waals surface area contributed by atoms with Gasteiger partial charge in [-0.2, -0.15) is 0 Å². The van der Waals surface area contributed by atoms with Crippen LogP contribution in [0.25, 0.3) is 21.7 Å². The van der Waals surface area contributed by atoms with Crippen LogP contribution in [0.4, 0.5) is 8.78 Å². The first-order valence-corrected chi connectivity index (χ1v) is 12.5. The van der Waals surface area contributed by atoms with Gasteiger partial charge in [0.2, 0.25) is 10.0 Å². The van der Waals surface area contributed by atoms with E-state index in [-0.39, 0.29) is 17.2 Å². The number of H-pyrrole nitrogens is 1. The Morgan fingerprint density at radius 2 is 1.79 bits per heavy atom. The molecule has 0 aliphatic rings. The molecule has 10 heteroatoms. The SMILES string of the molecule is CCOc1ccc(S(=O)(=O)NCCc2c(C)[nH]c3ccc(OC(F)(F)Cl)cc23)c2ccccc12. The van der Waals surface area contributed by atoms with E-state index in [0.717, 1.165) is 16.8 Å². The molecule has 1 aromatic heterocycles. The van der Waals surface area contributed by atoms with E-state index in [4.69, 9.17) is 16.3 Å². The van der Waals surface area contributed by atoms with Gasteiger partial charge in [0.05, 0.1) is 11.5 Å². The molecule has 0 saturated carbocycles. The van der Waals surface area contributed by atoms with Crippen LogP contribution in [0.1, 0.15) is 18.2 Å². The second-order valence-electron chi connectivity index (χ2n) is 7.67. The number of aromatic nitrogens is 1. The number of aromatic amines is 1. The van der Waals surface area contributed by atoms with Gasteiger partial charge in [-0.1, -0.05) is 24.3 Å². The first kappa shape index (κ1) is 24.3. The van der Waals surface area contributed by atoms with E-state index in [1.54, 1.807) is 24.3 Å². The topological polar surface area (TPSA) is 80.4 Å². The van der Waals surface area contributed by atoms with E-state index in [1.807, 2.05) is 26.0 Å². The second-order valence-corrected chi connectivity index (χ2v) is 9.85. The highest BCUT2D eigenvalue weighted by Gasteiger charge is 2.28. The van der Waals surface area contributed by atoms with Gasteiger partial charge in [-0.15, -0.1) is 8.78 Å². The van der Waals surface area contributed by atoms with Gasteiger partial charge in [0.15, 0.2) is 0 Å². The van der Waals surface area contributed by atoms with Crippen molar-refractivity contribution < 1.29 is 26.7 Å². The predicted octanol–water partition coefficient (Wildman–Crippen LogP) is 5.72. The average molecular weight is 509 g/mol. The third-order valence-electron chi connectivity index (χ3n) is 5.43. The fourth-order valence-corrected chi connectivity index (χ4v) is 5.36. The summed E-state index contributed by atoms with van der Waals surface area (Å²) < 4.78 is 65.1. The third-order valence-corrected chi connectivity index (χ3v) is 7.02. The molecular weight excluding hydrogens is 486 g/mol. The van der Waals surface area contributed by atoms with Crippen LogP contribution in [0.5, 0.6) is 11.5 Å². The Morgan fingerprint density at radius 1 is 1.06 bits per heavy atom. The zero-order valence-corrected chi connectivity index (χ0v) is 20.1. The fourth-order valence-electron chi connectivity index (χ4n) is 4.03. The molecule has 2 N–H and O–H groups in total. The predicted molar refractivity (Wildman–Crippen MR) is 128 cm³/mol. The molecule has 1 heterocycles. The summed E-state index contributed by atoms with van der Waals surface area (Å²) in [5.41, 5.74) is -1.51. The van der Waals surface area contributed by atoms with E-state index in [0.29, 0.717) is 34.9 Å². The second kappa shape index (κ2) is 9.40. The van der Waals surface area contributed by atoms with Gasteiger partial charge in [-0.25, -0.2) is 13.1 Å². The number of sulfonamides is 1. The molecule has 34 heavy (non-hydrogen) atoms. The van der Waals surface area contributed by atoms with Crippen molar-refractivity contribution in [3.05, 3.63) is 65.9 Å². The number of ether oxygens (including phenoxy) is 2. The third kappa shape index (κ3) is 5.11. The van der Waals surface area contributed by atoms with E-state index >= 15 is 0 Å². The maximum atomic E-state index is 13.1. The lowest BCUT2D eigenvalue weighted by Crippen LogP contribution is -2.26. The molecule has 0 fully saturated rings. The van der Waals surface area contributed by atoms with Crippen LogP contribution in [0, 0.1) is 6.92 Å². The highest BCUT2D eigenvalue weighted by molar-refractivity contribution is 7.89. The monoisotopic (exact) mass is 508 g/mol. The van der Waals surface area contributed by atoms with Gasteiger partial charge in [-0.05, 0) is 56.2 Å². The van der Waals surface area contributed by atoms with Crippen molar-refractivity contribution in [1.82, 2.24) is 9.71 Å². The van der Waals surface area contributed by atoms with Crippen LogP contribution in [0.15, 0.2) is 59.5 Å². The number of rotatable bonds is 9. The van der Waals surface area contributed by atoms with Crippen LogP contribution in [-0.4, -0.2) is 32.1 Å². The van der Waals surface area contributed by atoms with Crippen molar-refractivity contribution in [2.45, 2.75) is 30.7 Å². The Hall–Kier alpha value is -2.88. The molecule has 0 radical (unpaired) electrons. The highest BCUT2D eigenvalue weighted by atomic mass is 35.5. The molecule has 0 unspecified atom stereocenters.